The summed E-state index contributed by atoms with van der Waals surface area (Å²) in [6.45, 7) is 0.314. The molecule has 0 atom stereocenters. The number of furan rings is 1. The lowest BCUT2D eigenvalue weighted by molar-refractivity contribution is -0.671. The van der Waals surface area contributed by atoms with E-state index in [1.807, 2.05) is 34.9 Å². The molecule has 2 heterocycles. The third-order valence-electron chi connectivity index (χ3n) is 1.95. The summed E-state index contributed by atoms with van der Waals surface area (Å²) in [4.78, 5) is 11.6. The van der Waals surface area contributed by atoms with Crippen LogP contribution in [0.15, 0.2) is 41.5 Å². The molecule has 2 rings (SSSR count). The van der Waals surface area contributed by atoms with Crippen molar-refractivity contribution in [3.63, 3.8) is 0 Å². The largest absolute Gasteiger partial charge is 1.00 e. The Morgan fingerprint density at radius 3 is 2.93 bits per heavy atom. The molecule has 0 unspecified atom stereocenters. The minimum absolute atomic E-state index is 0. The van der Waals surface area contributed by atoms with Crippen LogP contribution in [0, 0.1) is 0 Å². The van der Waals surface area contributed by atoms with Crippen LogP contribution >= 0.6 is 0 Å². The molecule has 0 radical (unpaired) electrons. The lowest BCUT2D eigenvalue weighted by atomic mass is 10.3. The Kier molecular flexibility index (Phi) is 3.85. The van der Waals surface area contributed by atoms with Gasteiger partial charge in [0.1, 0.15) is 12.4 Å². The van der Waals surface area contributed by atoms with E-state index in [2.05, 4.69) is 0 Å². The highest BCUT2D eigenvalue weighted by Crippen LogP contribution is 2.02. The van der Waals surface area contributed by atoms with Gasteiger partial charge in [-0.2, -0.15) is 0 Å². The van der Waals surface area contributed by atoms with Crippen LogP contribution in [0.25, 0.3) is 0 Å². The van der Waals surface area contributed by atoms with E-state index in [1.165, 1.54) is 6.26 Å². The van der Waals surface area contributed by atoms with Crippen molar-refractivity contribution in [2.75, 3.05) is 0 Å². The van der Waals surface area contributed by atoms with Crippen LogP contribution in [0.1, 0.15) is 10.6 Å². The fraction of sp³-hybridized carbons (Fsp3) is 0.200. The summed E-state index contributed by atoms with van der Waals surface area (Å²) < 4.78 is 8.70. The van der Waals surface area contributed by atoms with Gasteiger partial charge in [-0.25, -0.2) is 9.13 Å². The molecule has 0 saturated heterocycles. The Morgan fingerprint density at radius 1 is 1.60 bits per heavy atom. The summed E-state index contributed by atoms with van der Waals surface area (Å²) in [6, 6.07) is 3.38. The van der Waals surface area contributed by atoms with Gasteiger partial charge in [0.15, 0.2) is 12.3 Å². The highest BCUT2D eigenvalue weighted by Gasteiger charge is 2.12. The summed E-state index contributed by atoms with van der Waals surface area (Å²) in [5, 5.41) is 0. The van der Waals surface area contributed by atoms with E-state index < -0.39 is 0 Å². The second-order valence-electron chi connectivity index (χ2n) is 3.15. The van der Waals surface area contributed by atoms with Gasteiger partial charge in [-0.05, 0) is 12.1 Å². The van der Waals surface area contributed by atoms with Gasteiger partial charge in [-0.1, -0.05) is 0 Å². The van der Waals surface area contributed by atoms with E-state index in [9.17, 15) is 4.79 Å². The molecular weight excluding hydrogens is 260 g/mol. The maximum Gasteiger partial charge on any atom is 0.243 e. The maximum absolute atomic E-state index is 11.6. The second kappa shape index (κ2) is 4.93. The average Bonchev–Trinajstić information content (AvgIpc) is 2.75. The molecule has 5 heteroatoms. The third-order valence-corrected chi connectivity index (χ3v) is 1.95. The van der Waals surface area contributed by atoms with Gasteiger partial charge >= 0.3 is 0 Å². The van der Waals surface area contributed by atoms with Crippen molar-refractivity contribution in [3.05, 3.63) is 42.9 Å². The quantitative estimate of drug-likeness (QED) is 0.469. The topological polar surface area (TPSA) is 39.0 Å². The molecule has 4 nitrogen and oxygen atoms in total. The molecule has 0 saturated carbocycles. The Morgan fingerprint density at radius 2 is 2.40 bits per heavy atom. The van der Waals surface area contributed by atoms with Crippen molar-refractivity contribution in [3.8, 4) is 0 Å². The van der Waals surface area contributed by atoms with Crippen LogP contribution in [-0.4, -0.2) is 10.4 Å². The van der Waals surface area contributed by atoms with Gasteiger partial charge < -0.3 is 21.4 Å². The summed E-state index contributed by atoms with van der Waals surface area (Å²) in [5.74, 6) is 0.382. The van der Waals surface area contributed by atoms with Gasteiger partial charge in [0, 0.05) is 0 Å². The van der Waals surface area contributed by atoms with E-state index >= 15 is 0 Å². The number of ketones is 1. The van der Waals surface area contributed by atoms with E-state index in [-0.39, 0.29) is 22.8 Å². The number of hydrogen-bond donors (Lipinski definition) is 0. The van der Waals surface area contributed by atoms with Gasteiger partial charge in [0.25, 0.3) is 0 Å². The zero-order valence-electron chi connectivity index (χ0n) is 8.26. The standard InChI is InChI=1S/C10H11N2O2.BrH/c1-11-4-5-12(8-11)7-9(13)10-3-2-6-14-10;/h2-6,8H,7H2,1H3;1H/q+1;/p-1. The van der Waals surface area contributed by atoms with Crippen molar-refractivity contribution in [2.45, 2.75) is 6.54 Å². The number of aromatic nitrogens is 2. The smallest absolute Gasteiger partial charge is 0.243 e. The van der Waals surface area contributed by atoms with Gasteiger partial charge in [0.05, 0.1) is 13.3 Å². The molecule has 0 aliphatic rings. The minimum Gasteiger partial charge on any atom is -1.00 e. The monoisotopic (exact) mass is 270 g/mol. The van der Waals surface area contributed by atoms with Crippen LogP contribution in [0.5, 0.6) is 0 Å². The molecule has 0 bridgehead atoms. The van der Waals surface area contributed by atoms with E-state index in [0.29, 0.717) is 12.3 Å². The molecule has 0 N–H and O–H groups in total. The lowest BCUT2D eigenvalue weighted by Crippen LogP contribution is -3.00. The first-order valence-corrected chi connectivity index (χ1v) is 4.33. The molecule has 2 aromatic heterocycles. The molecule has 80 valence electrons. The van der Waals surface area contributed by atoms with Crippen LogP contribution in [0.3, 0.4) is 0 Å². The number of rotatable bonds is 3. The van der Waals surface area contributed by atoms with Crippen LogP contribution in [-0.2, 0) is 13.6 Å². The number of aryl methyl sites for hydroxylation is 1. The molecule has 15 heavy (non-hydrogen) atoms. The zero-order valence-corrected chi connectivity index (χ0v) is 9.85. The van der Waals surface area contributed by atoms with Crippen LogP contribution in [0.2, 0.25) is 0 Å². The number of carbonyl (C=O) groups is 1. The molecule has 0 aromatic carbocycles. The molecular formula is C10H11BrN2O2. The van der Waals surface area contributed by atoms with Crippen molar-refractivity contribution in [1.29, 1.82) is 0 Å². The second-order valence-corrected chi connectivity index (χ2v) is 3.15. The highest BCUT2D eigenvalue weighted by atomic mass is 79.9. The molecule has 0 fully saturated rings. The fourth-order valence-corrected chi connectivity index (χ4v) is 1.28. The Labute approximate surface area is 97.9 Å². The Balaban J connectivity index is 0.00000112. The first kappa shape index (κ1) is 11.7. The fourth-order valence-electron chi connectivity index (χ4n) is 1.28. The van der Waals surface area contributed by atoms with Gasteiger partial charge in [-0.3, -0.25) is 4.79 Å². The number of carbonyl (C=O) groups excluding carboxylic acids is 1. The first-order valence-electron chi connectivity index (χ1n) is 4.33. The first-order chi connectivity index (χ1) is 6.75. The molecule has 0 aliphatic carbocycles. The van der Waals surface area contributed by atoms with E-state index in [0.717, 1.165) is 0 Å². The number of imidazole rings is 1. The summed E-state index contributed by atoms with van der Waals surface area (Å²) in [7, 11) is 1.91. The molecule has 2 aromatic rings. The van der Waals surface area contributed by atoms with E-state index in [1.54, 1.807) is 12.1 Å². The number of halogens is 1. The van der Waals surface area contributed by atoms with Crippen LogP contribution in [0.4, 0.5) is 0 Å². The SMILES string of the molecule is C[n+]1ccn(CC(=O)c2ccco2)c1.[Br-]. The number of Topliss-reactive ketones (excluding diaryl/α,β-unsaturated/α-hetero) is 1. The van der Waals surface area contributed by atoms with Crippen LogP contribution < -0.4 is 21.5 Å². The predicted molar refractivity (Wildman–Crippen MR) is 48.6 cm³/mol. The van der Waals surface area contributed by atoms with E-state index in [4.69, 9.17) is 4.42 Å². The lowest BCUT2D eigenvalue weighted by Gasteiger charge is -1.92. The molecule has 0 amide bonds. The molecule has 0 aliphatic heterocycles. The average molecular weight is 271 g/mol. The normalized spacial score (nSPS) is 9.67. The minimum atomic E-state index is -0.0220. The Hall–Kier alpha value is -1.36. The maximum atomic E-state index is 11.6. The number of nitrogens with zero attached hydrogens (tertiary/aromatic N) is 2. The molecule has 0 spiro atoms. The van der Waals surface area contributed by atoms with Crippen molar-refractivity contribution < 1.29 is 30.8 Å². The predicted octanol–water partition coefficient (Wildman–Crippen LogP) is -2.21. The van der Waals surface area contributed by atoms with Gasteiger partial charge in [0.2, 0.25) is 12.1 Å². The Bertz CT molecular complexity index is 434. The summed E-state index contributed by atoms with van der Waals surface area (Å²) in [5.41, 5.74) is 0. The van der Waals surface area contributed by atoms with Crippen molar-refractivity contribution in [2.24, 2.45) is 7.05 Å². The summed E-state index contributed by atoms with van der Waals surface area (Å²) >= 11 is 0. The van der Waals surface area contributed by atoms with Gasteiger partial charge in [-0.15, -0.1) is 0 Å². The number of hydrogen-bond acceptors (Lipinski definition) is 2. The van der Waals surface area contributed by atoms with Crippen molar-refractivity contribution >= 4 is 5.78 Å². The van der Waals surface area contributed by atoms with Crippen molar-refractivity contribution in [1.82, 2.24) is 4.57 Å². The highest BCUT2D eigenvalue weighted by molar-refractivity contribution is 5.93. The summed E-state index contributed by atoms with van der Waals surface area (Å²) in [6.07, 6.45) is 7.08. The third kappa shape index (κ3) is 2.79. The zero-order chi connectivity index (χ0) is 9.97.